The van der Waals surface area contributed by atoms with Gasteiger partial charge in [-0.15, -0.1) is 0 Å². The van der Waals surface area contributed by atoms with E-state index in [0.717, 1.165) is 0 Å². The molecule has 1 unspecified atom stereocenters. The Morgan fingerprint density at radius 3 is 2.56 bits per heavy atom. The fourth-order valence-corrected chi connectivity index (χ4v) is 1.52. The number of rotatable bonds is 3. The second-order valence-electron chi connectivity index (χ2n) is 3.55. The minimum Gasteiger partial charge on any atom is -0.464 e. The van der Waals surface area contributed by atoms with E-state index in [9.17, 15) is 4.79 Å². The Morgan fingerprint density at radius 1 is 1.44 bits per heavy atom. The number of ether oxygens (including phenoxy) is 1. The molecule has 88 valence electrons. The third-order valence-corrected chi connectivity index (χ3v) is 2.96. The van der Waals surface area contributed by atoms with Crippen molar-refractivity contribution < 1.29 is 9.53 Å². The van der Waals surface area contributed by atoms with E-state index in [1.807, 2.05) is 0 Å². The van der Waals surface area contributed by atoms with Crippen molar-refractivity contribution in [2.24, 2.45) is 5.73 Å². The van der Waals surface area contributed by atoms with Crippen LogP contribution in [-0.2, 0) is 15.1 Å². The molecule has 0 heterocycles. The molecule has 1 atom stereocenters. The van der Waals surface area contributed by atoms with Crippen molar-refractivity contribution in [3.8, 4) is 0 Å². The maximum atomic E-state index is 11.6. The maximum absolute atomic E-state index is 11.6. The van der Waals surface area contributed by atoms with Crippen LogP contribution in [-0.4, -0.2) is 12.6 Å². The van der Waals surface area contributed by atoms with Gasteiger partial charge in [0.2, 0.25) is 0 Å². The normalized spacial score (nSPS) is 14.3. The van der Waals surface area contributed by atoms with Crippen molar-refractivity contribution in [3.05, 3.63) is 33.8 Å². The van der Waals surface area contributed by atoms with E-state index in [4.69, 9.17) is 33.7 Å². The molecule has 0 bridgehead atoms. The van der Waals surface area contributed by atoms with Crippen molar-refractivity contribution in [3.63, 3.8) is 0 Å². The summed E-state index contributed by atoms with van der Waals surface area (Å²) in [6.07, 6.45) is 0. The smallest absolute Gasteiger partial charge is 0.330 e. The number of carbonyl (C=O) groups excluding carboxylic acids is 1. The van der Waals surface area contributed by atoms with E-state index >= 15 is 0 Å². The van der Waals surface area contributed by atoms with Gasteiger partial charge in [0.1, 0.15) is 5.54 Å². The molecule has 0 radical (unpaired) electrons. The molecule has 0 saturated carbocycles. The van der Waals surface area contributed by atoms with Gasteiger partial charge in [0.15, 0.2) is 0 Å². The summed E-state index contributed by atoms with van der Waals surface area (Å²) in [5, 5.41) is 0.783. The summed E-state index contributed by atoms with van der Waals surface area (Å²) in [5.41, 5.74) is 5.26. The summed E-state index contributed by atoms with van der Waals surface area (Å²) >= 11 is 11.6. The minimum absolute atomic E-state index is 0.285. The van der Waals surface area contributed by atoms with Crippen LogP contribution >= 0.6 is 23.2 Å². The summed E-state index contributed by atoms with van der Waals surface area (Å²) in [5.74, 6) is -0.492. The highest BCUT2D eigenvalue weighted by Crippen LogP contribution is 2.28. The van der Waals surface area contributed by atoms with Crippen molar-refractivity contribution in [2.75, 3.05) is 6.61 Å². The quantitative estimate of drug-likeness (QED) is 0.852. The van der Waals surface area contributed by atoms with E-state index in [0.29, 0.717) is 15.6 Å². The molecule has 0 aliphatic heterocycles. The average Bonchev–Trinajstić information content (AvgIpc) is 2.22. The molecule has 2 N–H and O–H groups in total. The standard InChI is InChI=1S/C11H13Cl2NO2/c1-3-16-10(15)11(2,14)7-4-5-8(12)9(13)6-7/h4-6H,3,14H2,1-2H3. The van der Waals surface area contributed by atoms with E-state index < -0.39 is 11.5 Å². The Labute approximate surface area is 104 Å². The van der Waals surface area contributed by atoms with Gasteiger partial charge in [0.05, 0.1) is 16.7 Å². The third-order valence-electron chi connectivity index (χ3n) is 2.22. The highest BCUT2D eigenvalue weighted by atomic mass is 35.5. The molecule has 1 rings (SSSR count). The summed E-state index contributed by atoms with van der Waals surface area (Å²) < 4.78 is 4.89. The number of hydrogen-bond acceptors (Lipinski definition) is 3. The fourth-order valence-electron chi connectivity index (χ4n) is 1.22. The van der Waals surface area contributed by atoms with Crippen LogP contribution in [0.4, 0.5) is 0 Å². The zero-order valence-electron chi connectivity index (χ0n) is 9.09. The van der Waals surface area contributed by atoms with Crippen molar-refractivity contribution in [1.29, 1.82) is 0 Å². The molecule has 5 heteroatoms. The van der Waals surface area contributed by atoms with Crippen LogP contribution in [0.25, 0.3) is 0 Å². The predicted octanol–water partition coefficient (Wildman–Crippen LogP) is 2.73. The molecule has 0 aromatic heterocycles. The molecule has 0 aliphatic carbocycles. The molecule has 0 aliphatic rings. The van der Waals surface area contributed by atoms with Crippen LogP contribution in [0.5, 0.6) is 0 Å². The number of carbonyl (C=O) groups is 1. The molecule has 1 aromatic rings. The van der Waals surface area contributed by atoms with Crippen LogP contribution in [0.15, 0.2) is 18.2 Å². The predicted molar refractivity (Wildman–Crippen MR) is 64.6 cm³/mol. The Kier molecular flexibility index (Phi) is 4.19. The second-order valence-corrected chi connectivity index (χ2v) is 4.37. The van der Waals surface area contributed by atoms with Crippen LogP contribution in [0.2, 0.25) is 10.0 Å². The maximum Gasteiger partial charge on any atom is 0.330 e. The van der Waals surface area contributed by atoms with Gasteiger partial charge in [-0.25, -0.2) is 4.79 Å². The lowest BCUT2D eigenvalue weighted by molar-refractivity contribution is -0.149. The van der Waals surface area contributed by atoms with E-state index in [1.54, 1.807) is 32.0 Å². The highest BCUT2D eigenvalue weighted by Gasteiger charge is 2.32. The Morgan fingerprint density at radius 2 is 2.06 bits per heavy atom. The Hall–Kier alpha value is -0.770. The van der Waals surface area contributed by atoms with Gasteiger partial charge in [-0.05, 0) is 31.5 Å². The SMILES string of the molecule is CCOC(=O)C(C)(N)c1ccc(Cl)c(Cl)c1. The number of halogens is 2. The number of nitrogens with two attached hydrogens (primary N) is 1. The van der Waals surface area contributed by atoms with Gasteiger partial charge < -0.3 is 10.5 Å². The largest absolute Gasteiger partial charge is 0.464 e. The number of esters is 1. The lowest BCUT2D eigenvalue weighted by Crippen LogP contribution is -2.43. The van der Waals surface area contributed by atoms with E-state index in [1.165, 1.54) is 0 Å². The van der Waals surface area contributed by atoms with Gasteiger partial charge in [0.25, 0.3) is 0 Å². The molecule has 0 fully saturated rings. The van der Waals surface area contributed by atoms with Gasteiger partial charge in [-0.3, -0.25) is 0 Å². The van der Waals surface area contributed by atoms with Crippen LogP contribution in [0.1, 0.15) is 19.4 Å². The first-order valence-electron chi connectivity index (χ1n) is 4.81. The van der Waals surface area contributed by atoms with E-state index in [2.05, 4.69) is 0 Å². The van der Waals surface area contributed by atoms with E-state index in [-0.39, 0.29) is 6.61 Å². The number of hydrogen-bond donors (Lipinski definition) is 1. The highest BCUT2D eigenvalue weighted by molar-refractivity contribution is 6.42. The Balaban J connectivity index is 3.06. The van der Waals surface area contributed by atoms with Crippen LogP contribution in [0.3, 0.4) is 0 Å². The first kappa shape index (κ1) is 13.3. The van der Waals surface area contributed by atoms with Gasteiger partial charge >= 0.3 is 5.97 Å². The first-order chi connectivity index (χ1) is 7.39. The average molecular weight is 262 g/mol. The molecule has 0 amide bonds. The summed E-state index contributed by atoms with van der Waals surface area (Å²) in [7, 11) is 0. The summed E-state index contributed by atoms with van der Waals surface area (Å²) in [6, 6.07) is 4.83. The molecule has 0 saturated heterocycles. The molecule has 0 spiro atoms. The number of benzene rings is 1. The lowest BCUT2D eigenvalue weighted by Gasteiger charge is -2.23. The molecule has 1 aromatic carbocycles. The van der Waals surface area contributed by atoms with Crippen LogP contribution in [0, 0.1) is 0 Å². The molecule has 16 heavy (non-hydrogen) atoms. The van der Waals surface area contributed by atoms with Gasteiger partial charge in [0, 0.05) is 0 Å². The zero-order valence-corrected chi connectivity index (χ0v) is 10.6. The summed E-state index contributed by atoms with van der Waals surface area (Å²) in [4.78, 5) is 11.6. The van der Waals surface area contributed by atoms with Crippen molar-refractivity contribution in [1.82, 2.24) is 0 Å². The summed E-state index contributed by atoms with van der Waals surface area (Å²) in [6.45, 7) is 3.58. The van der Waals surface area contributed by atoms with Gasteiger partial charge in [-0.1, -0.05) is 29.3 Å². The van der Waals surface area contributed by atoms with Gasteiger partial charge in [-0.2, -0.15) is 0 Å². The van der Waals surface area contributed by atoms with Crippen molar-refractivity contribution in [2.45, 2.75) is 19.4 Å². The van der Waals surface area contributed by atoms with Crippen LogP contribution < -0.4 is 5.73 Å². The van der Waals surface area contributed by atoms with Crippen molar-refractivity contribution >= 4 is 29.2 Å². The zero-order chi connectivity index (χ0) is 12.3. The second kappa shape index (κ2) is 5.04. The minimum atomic E-state index is -1.22. The lowest BCUT2D eigenvalue weighted by atomic mass is 9.93. The fraction of sp³-hybridized carbons (Fsp3) is 0.364. The Bertz CT molecular complexity index is 405. The monoisotopic (exact) mass is 261 g/mol. The third kappa shape index (κ3) is 2.67. The molecular formula is C11H13Cl2NO2. The topological polar surface area (TPSA) is 52.3 Å². The molecule has 3 nitrogen and oxygen atoms in total. The first-order valence-corrected chi connectivity index (χ1v) is 5.56. The molecular weight excluding hydrogens is 249 g/mol.